The SMILES string of the molecule is COc1ccc2cc1-c1cc3c(c(c1)OCCCCN(C(=O)c1ccc4nccn4c1)CCCNC2=O)OCCN(C(=O)C1CC(=O)N(C(C)C)C1)C3. The Hall–Kier alpha value is -5.59. The maximum Gasteiger partial charge on any atom is 0.255 e. The molecule has 0 radical (unpaired) electrons. The Morgan fingerprint density at radius 1 is 0.943 bits per heavy atom. The molecule has 2 aromatic heterocycles. The van der Waals surface area contributed by atoms with Gasteiger partial charge in [0, 0.05) is 80.5 Å². The van der Waals surface area contributed by atoms with Crippen molar-refractivity contribution in [1.29, 1.82) is 0 Å². The first-order valence-corrected chi connectivity index (χ1v) is 18.4. The van der Waals surface area contributed by atoms with Gasteiger partial charge in [-0.3, -0.25) is 19.2 Å². The fourth-order valence-corrected chi connectivity index (χ4v) is 7.37. The largest absolute Gasteiger partial charge is 0.496 e. The van der Waals surface area contributed by atoms with Crippen LogP contribution < -0.4 is 19.5 Å². The number of nitrogens with one attached hydrogen (secondary N) is 1. The summed E-state index contributed by atoms with van der Waals surface area (Å²) in [4.78, 5) is 63.3. The second-order valence-electron chi connectivity index (χ2n) is 14.1. The quantitative estimate of drug-likeness (QED) is 0.327. The fraction of sp³-hybridized carbons (Fsp3) is 0.425. The molecule has 4 aromatic rings. The first-order chi connectivity index (χ1) is 25.7. The number of imidazole rings is 1. The molecule has 4 amide bonds. The van der Waals surface area contributed by atoms with Gasteiger partial charge in [-0.25, -0.2) is 4.98 Å². The van der Waals surface area contributed by atoms with E-state index in [1.807, 2.05) is 47.5 Å². The summed E-state index contributed by atoms with van der Waals surface area (Å²) in [5, 5.41) is 3.02. The molecule has 1 unspecified atom stereocenters. The van der Waals surface area contributed by atoms with Crippen LogP contribution >= 0.6 is 0 Å². The molecule has 0 saturated carbocycles. The molecule has 0 aliphatic carbocycles. The van der Waals surface area contributed by atoms with Crippen LogP contribution in [0, 0.1) is 5.92 Å². The molecule has 1 N–H and O–H groups in total. The summed E-state index contributed by atoms with van der Waals surface area (Å²) in [6.07, 6.45) is 7.44. The van der Waals surface area contributed by atoms with E-state index in [1.54, 1.807) is 53.6 Å². The molecule has 7 rings (SSSR count). The summed E-state index contributed by atoms with van der Waals surface area (Å²) in [6.45, 7) is 6.98. The zero-order chi connectivity index (χ0) is 37.1. The summed E-state index contributed by atoms with van der Waals surface area (Å²) >= 11 is 0. The lowest BCUT2D eigenvalue weighted by molar-refractivity contribution is -0.136. The molecule has 0 spiro atoms. The van der Waals surface area contributed by atoms with Gasteiger partial charge >= 0.3 is 0 Å². The van der Waals surface area contributed by atoms with Crippen molar-refractivity contribution in [3.63, 3.8) is 0 Å². The van der Waals surface area contributed by atoms with E-state index < -0.39 is 5.92 Å². The molecule has 4 bridgehead atoms. The number of rotatable bonds is 4. The van der Waals surface area contributed by atoms with Crippen LogP contribution in [-0.4, -0.2) is 107 Å². The van der Waals surface area contributed by atoms with Crippen LogP contribution in [0.4, 0.5) is 0 Å². The average Bonchev–Trinajstić information content (AvgIpc) is 3.74. The van der Waals surface area contributed by atoms with E-state index in [1.165, 1.54) is 0 Å². The van der Waals surface area contributed by atoms with Crippen molar-refractivity contribution in [3.8, 4) is 28.4 Å². The smallest absolute Gasteiger partial charge is 0.255 e. The Morgan fingerprint density at radius 2 is 1.79 bits per heavy atom. The number of amides is 4. The van der Waals surface area contributed by atoms with Crippen LogP contribution in [0.5, 0.6) is 17.2 Å². The van der Waals surface area contributed by atoms with E-state index in [-0.39, 0.29) is 49.2 Å². The summed E-state index contributed by atoms with van der Waals surface area (Å²) in [6, 6.07) is 12.8. The number of benzene rings is 2. The second kappa shape index (κ2) is 15.6. The van der Waals surface area contributed by atoms with Gasteiger partial charge in [0.1, 0.15) is 18.0 Å². The number of nitrogens with zero attached hydrogens (tertiary/aromatic N) is 5. The number of carbonyl (C=O) groups excluding carboxylic acids is 4. The van der Waals surface area contributed by atoms with E-state index in [2.05, 4.69) is 10.3 Å². The number of likely N-dealkylation sites (tertiary alicyclic amines) is 1. The Labute approximate surface area is 308 Å². The molecule has 278 valence electrons. The highest BCUT2D eigenvalue weighted by atomic mass is 16.5. The van der Waals surface area contributed by atoms with E-state index >= 15 is 0 Å². The normalized spacial score (nSPS) is 18.5. The topological polar surface area (TPSA) is 135 Å². The third-order valence-electron chi connectivity index (χ3n) is 10.2. The van der Waals surface area contributed by atoms with Gasteiger partial charge in [0.25, 0.3) is 11.8 Å². The molecule has 5 heterocycles. The zero-order valence-corrected chi connectivity index (χ0v) is 30.5. The van der Waals surface area contributed by atoms with E-state index in [4.69, 9.17) is 14.2 Å². The maximum absolute atomic E-state index is 13.8. The molecular formula is C40H46N6O7. The van der Waals surface area contributed by atoms with Crippen molar-refractivity contribution >= 4 is 29.3 Å². The number of fused-ring (bicyclic) bond motifs is 8. The van der Waals surface area contributed by atoms with Crippen LogP contribution in [0.2, 0.25) is 0 Å². The van der Waals surface area contributed by atoms with Crippen LogP contribution in [0.3, 0.4) is 0 Å². The molecule has 13 nitrogen and oxygen atoms in total. The molecule has 13 heteroatoms. The Bertz CT molecular complexity index is 2030. The second-order valence-corrected chi connectivity index (χ2v) is 14.1. The standard InChI is InChI=1S/C40H46N6O7/c1-26(2)46-25-31(22-36(46)47)40(50)45-16-18-53-37-30(24-45)19-29-21-34(37)52-17-5-4-13-43(39(49)28-8-10-35-41-12-15-44(35)23-28)14-6-11-42-38(48)27-7-9-33(51-3)32(29)20-27/h7-10,12,15,19-21,23,26,31H,4-6,11,13-14,16-18,22,24-25H2,1-3H3,(H,42,48). The molecule has 1 saturated heterocycles. The lowest BCUT2D eigenvalue weighted by Crippen LogP contribution is -2.39. The number of hydrogen-bond donors (Lipinski definition) is 1. The number of pyridine rings is 1. The van der Waals surface area contributed by atoms with Crippen LogP contribution in [0.25, 0.3) is 16.8 Å². The van der Waals surface area contributed by atoms with Gasteiger partial charge in [-0.05, 0) is 81.1 Å². The lowest BCUT2D eigenvalue weighted by Gasteiger charge is -2.25. The van der Waals surface area contributed by atoms with Crippen molar-refractivity contribution in [2.75, 3.05) is 53.0 Å². The third-order valence-corrected chi connectivity index (χ3v) is 10.2. The van der Waals surface area contributed by atoms with Crippen LogP contribution in [-0.2, 0) is 16.1 Å². The van der Waals surface area contributed by atoms with Gasteiger partial charge in [0.2, 0.25) is 11.8 Å². The van der Waals surface area contributed by atoms with Crippen molar-refractivity contribution < 1.29 is 33.4 Å². The highest BCUT2D eigenvalue weighted by molar-refractivity contribution is 5.96. The van der Waals surface area contributed by atoms with Crippen LogP contribution in [0.15, 0.2) is 61.1 Å². The van der Waals surface area contributed by atoms with Gasteiger partial charge in [-0.15, -0.1) is 0 Å². The summed E-state index contributed by atoms with van der Waals surface area (Å²) in [7, 11) is 1.59. The van der Waals surface area contributed by atoms with Crippen LogP contribution in [0.1, 0.15) is 65.8 Å². The first kappa shape index (κ1) is 35.8. The summed E-state index contributed by atoms with van der Waals surface area (Å²) in [5.41, 5.74) is 3.99. The minimum atomic E-state index is -0.413. The highest BCUT2D eigenvalue weighted by Gasteiger charge is 2.38. The van der Waals surface area contributed by atoms with Crippen molar-refractivity contribution in [3.05, 3.63) is 77.7 Å². The molecular weight excluding hydrogens is 676 g/mol. The zero-order valence-electron chi connectivity index (χ0n) is 30.5. The molecule has 3 aliphatic heterocycles. The van der Waals surface area contributed by atoms with Crippen molar-refractivity contribution in [2.24, 2.45) is 5.92 Å². The van der Waals surface area contributed by atoms with Gasteiger partial charge < -0.3 is 38.6 Å². The number of aromatic nitrogens is 2. The maximum atomic E-state index is 13.8. The van der Waals surface area contributed by atoms with E-state index in [0.717, 1.165) is 16.8 Å². The predicted octanol–water partition coefficient (Wildman–Crippen LogP) is 4.42. The number of methoxy groups -OCH3 is 1. The molecule has 53 heavy (non-hydrogen) atoms. The number of carbonyl (C=O) groups is 4. The number of hydrogen-bond acceptors (Lipinski definition) is 8. The molecule has 3 aliphatic rings. The third kappa shape index (κ3) is 7.65. The van der Waals surface area contributed by atoms with Gasteiger partial charge in [-0.1, -0.05) is 0 Å². The fourth-order valence-electron chi connectivity index (χ4n) is 7.37. The first-order valence-electron chi connectivity index (χ1n) is 18.4. The lowest BCUT2D eigenvalue weighted by atomic mass is 9.98. The van der Waals surface area contributed by atoms with Crippen molar-refractivity contribution in [1.82, 2.24) is 29.4 Å². The summed E-state index contributed by atoms with van der Waals surface area (Å²) in [5.74, 6) is 0.848. The highest BCUT2D eigenvalue weighted by Crippen LogP contribution is 2.42. The van der Waals surface area contributed by atoms with E-state index in [0.29, 0.717) is 92.5 Å². The minimum Gasteiger partial charge on any atom is -0.496 e. The molecule has 2 aromatic carbocycles. The van der Waals surface area contributed by atoms with Gasteiger partial charge in [-0.2, -0.15) is 0 Å². The van der Waals surface area contributed by atoms with Crippen molar-refractivity contribution in [2.45, 2.75) is 52.1 Å². The molecule has 1 fully saturated rings. The monoisotopic (exact) mass is 722 g/mol. The predicted molar refractivity (Wildman–Crippen MR) is 197 cm³/mol. The number of ether oxygens (including phenoxy) is 3. The van der Waals surface area contributed by atoms with E-state index in [9.17, 15) is 19.2 Å². The Kier molecular flexibility index (Phi) is 10.5. The van der Waals surface area contributed by atoms with Gasteiger partial charge in [0.15, 0.2) is 11.5 Å². The Morgan fingerprint density at radius 3 is 2.60 bits per heavy atom. The Balaban J connectivity index is 1.17. The molecule has 1 atom stereocenters. The van der Waals surface area contributed by atoms with Gasteiger partial charge in [0.05, 0.1) is 31.7 Å². The minimum absolute atomic E-state index is 0.00218. The average molecular weight is 723 g/mol. The summed E-state index contributed by atoms with van der Waals surface area (Å²) < 4.78 is 20.3.